The second kappa shape index (κ2) is 9.87. The Kier molecular flexibility index (Phi) is 6.66. The standard InChI is InChI=1S/C25H29N3O6S/c29-24-6-2-9-27(24)18-19-4-1-5-20(16-19)25(30)26-10-12-28(13-11-26)35(31,32)21-7-8-22-23(17-21)34-15-3-14-33-22/h1,4-5,7-8,16-17H,2-3,6,9-15,18H2. The van der Waals surface area contributed by atoms with Crippen molar-refractivity contribution in [2.75, 3.05) is 45.9 Å². The van der Waals surface area contributed by atoms with Crippen molar-refractivity contribution in [2.45, 2.75) is 30.7 Å². The highest BCUT2D eigenvalue weighted by Crippen LogP contribution is 2.33. The molecule has 2 amide bonds. The summed E-state index contributed by atoms with van der Waals surface area (Å²) in [5.41, 5.74) is 1.47. The molecule has 0 radical (unpaired) electrons. The van der Waals surface area contributed by atoms with Crippen LogP contribution in [-0.2, 0) is 21.4 Å². The Morgan fingerprint density at radius 3 is 2.40 bits per heavy atom. The fraction of sp³-hybridized carbons (Fsp3) is 0.440. The quantitative estimate of drug-likeness (QED) is 0.625. The molecule has 3 aliphatic rings. The third kappa shape index (κ3) is 4.99. The summed E-state index contributed by atoms with van der Waals surface area (Å²) in [6.45, 7) is 3.30. The Labute approximate surface area is 205 Å². The number of fused-ring (bicyclic) bond motifs is 1. The van der Waals surface area contributed by atoms with Crippen LogP contribution in [0.5, 0.6) is 11.5 Å². The Morgan fingerprint density at radius 1 is 0.886 bits per heavy atom. The highest BCUT2D eigenvalue weighted by atomic mass is 32.2. The maximum absolute atomic E-state index is 13.2. The van der Waals surface area contributed by atoms with Gasteiger partial charge in [0, 0.05) is 63.7 Å². The highest BCUT2D eigenvalue weighted by molar-refractivity contribution is 7.89. The molecule has 35 heavy (non-hydrogen) atoms. The molecule has 3 aliphatic heterocycles. The molecule has 0 bridgehead atoms. The summed E-state index contributed by atoms with van der Waals surface area (Å²) in [5.74, 6) is 1.00. The van der Waals surface area contributed by atoms with E-state index in [1.54, 1.807) is 17.0 Å². The predicted molar refractivity (Wildman–Crippen MR) is 128 cm³/mol. The van der Waals surface area contributed by atoms with Gasteiger partial charge in [0.15, 0.2) is 11.5 Å². The molecule has 9 nitrogen and oxygen atoms in total. The van der Waals surface area contributed by atoms with Crippen molar-refractivity contribution in [2.24, 2.45) is 0 Å². The molecule has 10 heteroatoms. The zero-order chi connectivity index (χ0) is 24.4. The van der Waals surface area contributed by atoms with Crippen LogP contribution < -0.4 is 9.47 Å². The minimum atomic E-state index is -3.72. The molecule has 186 valence electrons. The van der Waals surface area contributed by atoms with E-state index < -0.39 is 10.0 Å². The summed E-state index contributed by atoms with van der Waals surface area (Å²) in [7, 11) is -3.72. The summed E-state index contributed by atoms with van der Waals surface area (Å²) in [4.78, 5) is 28.7. The number of likely N-dealkylation sites (tertiary alicyclic amines) is 1. The molecular weight excluding hydrogens is 470 g/mol. The minimum Gasteiger partial charge on any atom is -0.490 e. The first-order valence-electron chi connectivity index (χ1n) is 12.0. The van der Waals surface area contributed by atoms with Crippen LogP contribution in [0.3, 0.4) is 0 Å². The lowest BCUT2D eigenvalue weighted by atomic mass is 10.1. The first-order chi connectivity index (χ1) is 16.9. The van der Waals surface area contributed by atoms with Crippen LogP contribution in [0.15, 0.2) is 47.4 Å². The van der Waals surface area contributed by atoms with Crippen LogP contribution in [0.4, 0.5) is 0 Å². The summed E-state index contributed by atoms with van der Waals surface area (Å²) in [6, 6.07) is 12.0. The number of ether oxygens (including phenoxy) is 2. The average Bonchev–Trinajstić information content (AvgIpc) is 3.13. The molecule has 0 saturated carbocycles. The van der Waals surface area contributed by atoms with Crippen molar-refractivity contribution in [1.82, 2.24) is 14.1 Å². The van der Waals surface area contributed by atoms with E-state index in [1.807, 2.05) is 23.1 Å². The van der Waals surface area contributed by atoms with Crippen molar-refractivity contribution in [1.29, 1.82) is 0 Å². The number of hydrogen-bond donors (Lipinski definition) is 0. The van der Waals surface area contributed by atoms with Crippen LogP contribution in [0.2, 0.25) is 0 Å². The van der Waals surface area contributed by atoms with Crippen molar-refractivity contribution in [3.05, 3.63) is 53.6 Å². The lowest BCUT2D eigenvalue weighted by molar-refractivity contribution is -0.128. The molecule has 0 spiro atoms. The van der Waals surface area contributed by atoms with E-state index in [0.29, 0.717) is 56.3 Å². The molecule has 2 aromatic rings. The topological polar surface area (TPSA) is 96.5 Å². The molecule has 2 fully saturated rings. The van der Waals surface area contributed by atoms with Crippen LogP contribution in [0, 0.1) is 0 Å². The van der Waals surface area contributed by atoms with Gasteiger partial charge in [0.25, 0.3) is 5.91 Å². The number of rotatable bonds is 5. The van der Waals surface area contributed by atoms with Crippen LogP contribution in [0.1, 0.15) is 35.2 Å². The monoisotopic (exact) mass is 499 g/mol. The molecule has 5 rings (SSSR count). The van der Waals surface area contributed by atoms with Gasteiger partial charge in [0.05, 0.1) is 18.1 Å². The van der Waals surface area contributed by atoms with Crippen LogP contribution in [0.25, 0.3) is 0 Å². The van der Waals surface area contributed by atoms with Gasteiger partial charge < -0.3 is 19.3 Å². The van der Waals surface area contributed by atoms with E-state index in [1.165, 1.54) is 16.4 Å². The van der Waals surface area contributed by atoms with Crippen molar-refractivity contribution < 1.29 is 27.5 Å². The molecule has 0 aromatic heterocycles. The second-order valence-corrected chi connectivity index (χ2v) is 10.9. The maximum atomic E-state index is 13.2. The number of carbonyl (C=O) groups is 2. The van der Waals surface area contributed by atoms with Crippen molar-refractivity contribution >= 4 is 21.8 Å². The fourth-order valence-electron chi connectivity index (χ4n) is 4.66. The number of amides is 2. The zero-order valence-corrected chi connectivity index (χ0v) is 20.3. The smallest absolute Gasteiger partial charge is 0.253 e. The first-order valence-corrected chi connectivity index (χ1v) is 13.4. The Hall–Kier alpha value is -3.11. The van der Waals surface area contributed by atoms with E-state index in [2.05, 4.69) is 0 Å². The number of benzene rings is 2. The SMILES string of the molecule is O=C1CCCN1Cc1cccc(C(=O)N2CCN(S(=O)(=O)c3ccc4c(c3)OCCCO4)CC2)c1. The van der Waals surface area contributed by atoms with Gasteiger partial charge in [-0.25, -0.2) is 8.42 Å². The third-order valence-electron chi connectivity index (χ3n) is 6.60. The zero-order valence-electron chi connectivity index (χ0n) is 19.5. The van der Waals surface area contributed by atoms with Crippen molar-refractivity contribution in [3.8, 4) is 11.5 Å². The normalized spacial score (nSPS) is 19.0. The number of nitrogens with zero attached hydrogens (tertiary/aromatic N) is 3. The number of sulfonamides is 1. The first kappa shape index (κ1) is 23.6. The van der Waals surface area contributed by atoms with E-state index in [9.17, 15) is 18.0 Å². The van der Waals surface area contributed by atoms with Gasteiger partial charge in [-0.1, -0.05) is 12.1 Å². The Morgan fingerprint density at radius 2 is 1.66 bits per heavy atom. The second-order valence-electron chi connectivity index (χ2n) is 8.97. The van der Waals surface area contributed by atoms with Gasteiger partial charge in [-0.2, -0.15) is 4.31 Å². The van der Waals surface area contributed by atoms with E-state index in [0.717, 1.165) is 24.9 Å². The van der Waals surface area contributed by atoms with Crippen molar-refractivity contribution in [3.63, 3.8) is 0 Å². The molecule has 3 heterocycles. The predicted octanol–water partition coefficient (Wildman–Crippen LogP) is 2.12. The third-order valence-corrected chi connectivity index (χ3v) is 8.50. The minimum absolute atomic E-state index is 0.132. The van der Waals surface area contributed by atoms with Crippen LogP contribution in [-0.4, -0.2) is 80.3 Å². The summed E-state index contributed by atoms with van der Waals surface area (Å²) < 4.78 is 39.1. The number of hydrogen-bond acceptors (Lipinski definition) is 6. The number of piperazine rings is 1. The van der Waals surface area contributed by atoms with E-state index >= 15 is 0 Å². The summed E-state index contributed by atoms with van der Waals surface area (Å²) in [6.07, 6.45) is 2.20. The highest BCUT2D eigenvalue weighted by Gasteiger charge is 2.31. The fourth-order valence-corrected chi connectivity index (χ4v) is 6.10. The number of carbonyl (C=O) groups excluding carboxylic acids is 2. The Balaban J connectivity index is 1.23. The summed E-state index contributed by atoms with van der Waals surface area (Å²) in [5, 5.41) is 0. The lowest BCUT2D eigenvalue weighted by Crippen LogP contribution is -2.50. The molecule has 2 aromatic carbocycles. The van der Waals surface area contributed by atoms with Gasteiger partial charge in [-0.3, -0.25) is 9.59 Å². The lowest BCUT2D eigenvalue weighted by Gasteiger charge is -2.34. The molecular formula is C25H29N3O6S. The molecule has 0 aliphatic carbocycles. The van der Waals surface area contributed by atoms with E-state index in [-0.39, 0.29) is 29.8 Å². The van der Waals surface area contributed by atoms with Gasteiger partial charge in [0.1, 0.15) is 0 Å². The Bertz CT molecular complexity index is 1220. The average molecular weight is 500 g/mol. The van der Waals surface area contributed by atoms with Crippen LogP contribution >= 0.6 is 0 Å². The van der Waals surface area contributed by atoms with Gasteiger partial charge in [-0.05, 0) is 36.2 Å². The van der Waals surface area contributed by atoms with Gasteiger partial charge in [0.2, 0.25) is 15.9 Å². The summed E-state index contributed by atoms with van der Waals surface area (Å²) >= 11 is 0. The molecule has 2 saturated heterocycles. The molecule has 0 unspecified atom stereocenters. The van der Waals surface area contributed by atoms with Gasteiger partial charge in [-0.15, -0.1) is 0 Å². The maximum Gasteiger partial charge on any atom is 0.253 e. The molecule has 0 atom stereocenters. The largest absolute Gasteiger partial charge is 0.490 e. The van der Waals surface area contributed by atoms with E-state index in [4.69, 9.17) is 9.47 Å². The molecule has 0 N–H and O–H groups in total. The van der Waals surface area contributed by atoms with Gasteiger partial charge >= 0.3 is 0 Å².